The number of benzene rings is 1. The largest absolute Gasteiger partial charge is 0.496 e. The molecule has 0 amide bonds. The Morgan fingerprint density at radius 2 is 2.16 bits per heavy atom. The molecule has 1 saturated heterocycles. The summed E-state index contributed by atoms with van der Waals surface area (Å²) in [6, 6.07) is 4.01. The third-order valence-electron chi connectivity index (χ3n) is 3.81. The predicted molar refractivity (Wildman–Crippen MR) is 78.4 cm³/mol. The van der Waals surface area contributed by atoms with Gasteiger partial charge in [-0.05, 0) is 50.9 Å². The van der Waals surface area contributed by atoms with E-state index in [0.717, 1.165) is 48.3 Å². The van der Waals surface area contributed by atoms with Crippen molar-refractivity contribution in [1.82, 2.24) is 5.32 Å². The third-order valence-corrected chi connectivity index (χ3v) is 3.81. The minimum atomic E-state index is 0.804. The van der Waals surface area contributed by atoms with E-state index in [1.54, 1.807) is 14.2 Å². The van der Waals surface area contributed by atoms with Crippen molar-refractivity contribution in [1.29, 1.82) is 0 Å². The van der Waals surface area contributed by atoms with Crippen LogP contribution in [0.25, 0.3) is 0 Å². The van der Waals surface area contributed by atoms with E-state index in [0.29, 0.717) is 0 Å². The van der Waals surface area contributed by atoms with Crippen molar-refractivity contribution in [2.45, 2.75) is 19.8 Å². The molecule has 4 nitrogen and oxygen atoms in total. The number of ether oxygens (including phenoxy) is 2. The zero-order valence-corrected chi connectivity index (χ0v) is 12.1. The van der Waals surface area contributed by atoms with Crippen LogP contribution in [0, 0.1) is 12.8 Å². The van der Waals surface area contributed by atoms with E-state index in [1.807, 2.05) is 19.1 Å². The first-order chi connectivity index (χ1) is 9.26. The van der Waals surface area contributed by atoms with Gasteiger partial charge in [-0.25, -0.2) is 0 Å². The average molecular weight is 264 g/mol. The maximum Gasteiger partial charge on any atom is 0.148 e. The number of methoxy groups -OCH3 is 2. The summed E-state index contributed by atoms with van der Waals surface area (Å²) < 4.78 is 10.8. The van der Waals surface area contributed by atoms with Gasteiger partial charge in [0.15, 0.2) is 0 Å². The highest BCUT2D eigenvalue weighted by Crippen LogP contribution is 2.34. The summed E-state index contributed by atoms with van der Waals surface area (Å²) in [7, 11) is 3.38. The molecule has 1 aliphatic heterocycles. The van der Waals surface area contributed by atoms with E-state index in [2.05, 4.69) is 10.6 Å². The van der Waals surface area contributed by atoms with Gasteiger partial charge in [-0.15, -0.1) is 0 Å². The number of anilines is 1. The van der Waals surface area contributed by atoms with Crippen LogP contribution in [0.4, 0.5) is 5.69 Å². The molecule has 1 heterocycles. The van der Waals surface area contributed by atoms with E-state index in [4.69, 9.17) is 9.47 Å². The van der Waals surface area contributed by atoms with Gasteiger partial charge in [0, 0.05) is 12.1 Å². The smallest absolute Gasteiger partial charge is 0.148 e. The van der Waals surface area contributed by atoms with Gasteiger partial charge in [-0.1, -0.05) is 0 Å². The first kappa shape index (κ1) is 14.0. The van der Waals surface area contributed by atoms with Gasteiger partial charge >= 0.3 is 0 Å². The first-order valence-electron chi connectivity index (χ1n) is 6.92. The fraction of sp³-hybridized carbons (Fsp3) is 0.600. The van der Waals surface area contributed by atoms with Gasteiger partial charge in [0.05, 0.1) is 19.9 Å². The molecular weight excluding hydrogens is 240 g/mol. The van der Waals surface area contributed by atoms with Crippen LogP contribution in [-0.2, 0) is 0 Å². The van der Waals surface area contributed by atoms with Crippen LogP contribution in [0.2, 0.25) is 0 Å². The van der Waals surface area contributed by atoms with Crippen molar-refractivity contribution >= 4 is 5.69 Å². The molecule has 0 bridgehead atoms. The lowest BCUT2D eigenvalue weighted by molar-refractivity contribution is 0.390. The standard InChI is InChI=1S/C15H24N2O2/c1-11-14(18-2)5-4-13(15(11)19-3)17-9-7-12-6-8-16-10-12/h4-5,12,16-17H,6-10H2,1-3H3. The summed E-state index contributed by atoms with van der Waals surface area (Å²) in [4.78, 5) is 0. The lowest BCUT2D eigenvalue weighted by atomic mass is 10.1. The zero-order chi connectivity index (χ0) is 13.7. The Hall–Kier alpha value is -1.42. The van der Waals surface area contributed by atoms with E-state index < -0.39 is 0 Å². The molecule has 2 N–H and O–H groups in total. The van der Waals surface area contributed by atoms with E-state index in [9.17, 15) is 0 Å². The normalized spacial score (nSPS) is 18.4. The number of hydrogen-bond donors (Lipinski definition) is 2. The summed E-state index contributed by atoms with van der Waals surface area (Å²) >= 11 is 0. The maximum absolute atomic E-state index is 5.49. The minimum Gasteiger partial charge on any atom is -0.496 e. The fourth-order valence-corrected chi connectivity index (χ4v) is 2.67. The Kier molecular flexibility index (Phi) is 4.91. The molecule has 2 rings (SSSR count). The molecule has 1 atom stereocenters. The molecule has 1 fully saturated rings. The summed E-state index contributed by atoms with van der Waals surface area (Å²) in [6.07, 6.45) is 2.49. The van der Waals surface area contributed by atoms with E-state index in [-0.39, 0.29) is 0 Å². The average Bonchev–Trinajstić information content (AvgIpc) is 2.92. The van der Waals surface area contributed by atoms with Crippen LogP contribution in [0.3, 0.4) is 0 Å². The maximum atomic E-state index is 5.49. The molecule has 106 valence electrons. The quantitative estimate of drug-likeness (QED) is 0.828. The lowest BCUT2D eigenvalue weighted by Gasteiger charge is -2.16. The molecule has 0 aromatic heterocycles. The van der Waals surface area contributed by atoms with Gasteiger partial charge in [-0.3, -0.25) is 0 Å². The van der Waals surface area contributed by atoms with Crippen LogP contribution in [0.15, 0.2) is 12.1 Å². The molecule has 0 saturated carbocycles. The van der Waals surface area contributed by atoms with E-state index >= 15 is 0 Å². The van der Waals surface area contributed by atoms with Gasteiger partial charge < -0.3 is 20.1 Å². The molecular formula is C15H24N2O2. The first-order valence-corrected chi connectivity index (χ1v) is 6.92. The monoisotopic (exact) mass is 264 g/mol. The molecule has 1 aromatic carbocycles. The third kappa shape index (κ3) is 3.32. The highest BCUT2D eigenvalue weighted by Gasteiger charge is 2.15. The second-order valence-electron chi connectivity index (χ2n) is 5.05. The highest BCUT2D eigenvalue weighted by molar-refractivity contribution is 5.63. The molecule has 0 radical (unpaired) electrons. The summed E-state index contributed by atoms with van der Waals surface area (Å²) in [5, 5.41) is 6.87. The van der Waals surface area contributed by atoms with Crippen LogP contribution < -0.4 is 20.1 Å². The molecule has 1 unspecified atom stereocenters. The van der Waals surface area contributed by atoms with Crippen molar-refractivity contribution < 1.29 is 9.47 Å². The Labute approximate surface area is 115 Å². The number of rotatable bonds is 6. The van der Waals surface area contributed by atoms with Crippen molar-refractivity contribution in [3.05, 3.63) is 17.7 Å². The summed E-state index contributed by atoms with van der Waals surface area (Å²) in [6.45, 7) is 5.31. The molecule has 1 aromatic rings. The van der Waals surface area contributed by atoms with Crippen molar-refractivity contribution in [3.8, 4) is 11.5 Å². The van der Waals surface area contributed by atoms with Crippen molar-refractivity contribution in [2.24, 2.45) is 5.92 Å². The Morgan fingerprint density at radius 3 is 2.79 bits per heavy atom. The molecule has 1 aliphatic rings. The second-order valence-corrected chi connectivity index (χ2v) is 5.05. The van der Waals surface area contributed by atoms with Crippen LogP contribution in [0.5, 0.6) is 11.5 Å². The van der Waals surface area contributed by atoms with Crippen molar-refractivity contribution in [3.63, 3.8) is 0 Å². The number of hydrogen-bond acceptors (Lipinski definition) is 4. The van der Waals surface area contributed by atoms with Gasteiger partial charge in [0.1, 0.15) is 11.5 Å². The molecule has 4 heteroatoms. The van der Waals surface area contributed by atoms with Crippen LogP contribution >= 0.6 is 0 Å². The Morgan fingerprint density at radius 1 is 1.32 bits per heavy atom. The van der Waals surface area contributed by atoms with Gasteiger partial charge in [0.25, 0.3) is 0 Å². The molecule has 0 spiro atoms. The van der Waals surface area contributed by atoms with Gasteiger partial charge in [0.2, 0.25) is 0 Å². The SMILES string of the molecule is COc1ccc(NCCC2CCNC2)c(OC)c1C. The molecule has 0 aliphatic carbocycles. The topological polar surface area (TPSA) is 42.5 Å². The Bertz CT molecular complexity index is 415. The zero-order valence-electron chi connectivity index (χ0n) is 12.1. The number of nitrogens with one attached hydrogen (secondary N) is 2. The van der Waals surface area contributed by atoms with Crippen LogP contribution in [-0.4, -0.2) is 33.9 Å². The fourth-order valence-electron chi connectivity index (χ4n) is 2.67. The minimum absolute atomic E-state index is 0.804. The van der Waals surface area contributed by atoms with Crippen molar-refractivity contribution in [2.75, 3.05) is 39.2 Å². The Balaban J connectivity index is 1.97. The summed E-state index contributed by atoms with van der Waals surface area (Å²) in [5.41, 5.74) is 2.09. The highest BCUT2D eigenvalue weighted by atomic mass is 16.5. The summed E-state index contributed by atoms with van der Waals surface area (Å²) in [5.74, 6) is 2.55. The van der Waals surface area contributed by atoms with E-state index in [1.165, 1.54) is 12.8 Å². The van der Waals surface area contributed by atoms with Crippen LogP contribution in [0.1, 0.15) is 18.4 Å². The second kappa shape index (κ2) is 6.66. The van der Waals surface area contributed by atoms with Gasteiger partial charge in [-0.2, -0.15) is 0 Å². The lowest BCUT2D eigenvalue weighted by Crippen LogP contribution is -2.13. The predicted octanol–water partition coefficient (Wildman–Crippen LogP) is 2.42. The molecule has 19 heavy (non-hydrogen) atoms.